The number of nitrogens with one attached hydrogen (secondary N) is 1. The Balaban J connectivity index is 2.33. The molecule has 1 aliphatic carbocycles. The second-order valence-electron chi connectivity index (χ2n) is 6.09. The number of carbonyl (C=O) groups excluding carboxylic acids is 1. The molecule has 2 rings (SSSR count). The zero-order chi connectivity index (χ0) is 15.9. The fourth-order valence-corrected chi connectivity index (χ4v) is 3.52. The van der Waals surface area contributed by atoms with Crippen molar-refractivity contribution in [2.75, 3.05) is 11.9 Å². The zero-order valence-electron chi connectivity index (χ0n) is 13.6. The van der Waals surface area contributed by atoms with Crippen LogP contribution in [-0.4, -0.2) is 25.0 Å². The largest absolute Gasteiger partial charge is 0.315 e. The molecular formula is C18H27ClN2O. The number of amides is 1. The summed E-state index contributed by atoms with van der Waals surface area (Å²) in [5.74, 6) is 0.219. The highest BCUT2D eigenvalue weighted by molar-refractivity contribution is 6.30. The van der Waals surface area contributed by atoms with Gasteiger partial charge >= 0.3 is 0 Å². The average molecular weight is 323 g/mol. The highest BCUT2D eigenvalue weighted by atomic mass is 35.5. The van der Waals surface area contributed by atoms with E-state index in [1.165, 1.54) is 19.3 Å². The van der Waals surface area contributed by atoms with Crippen LogP contribution < -0.4 is 10.2 Å². The van der Waals surface area contributed by atoms with E-state index in [-0.39, 0.29) is 11.9 Å². The molecule has 3 nitrogen and oxygen atoms in total. The third-order valence-corrected chi connectivity index (χ3v) is 4.77. The summed E-state index contributed by atoms with van der Waals surface area (Å²) < 4.78 is 0. The summed E-state index contributed by atoms with van der Waals surface area (Å²) in [6.45, 7) is 2.06. The molecule has 0 saturated heterocycles. The molecule has 1 fully saturated rings. The molecular weight excluding hydrogens is 296 g/mol. The van der Waals surface area contributed by atoms with E-state index in [0.717, 1.165) is 24.9 Å². The molecule has 0 aliphatic heterocycles. The zero-order valence-corrected chi connectivity index (χ0v) is 14.4. The first kappa shape index (κ1) is 17.3. The van der Waals surface area contributed by atoms with Crippen LogP contribution >= 0.6 is 11.6 Å². The summed E-state index contributed by atoms with van der Waals surface area (Å²) >= 11 is 6.01. The van der Waals surface area contributed by atoms with Gasteiger partial charge in [0.25, 0.3) is 0 Å². The van der Waals surface area contributed by atoms with Gasteiger partial charge in [-0.25, -0.2) is 0 Å². The summed E-state index contributed by atoms with van der Waals surface area (Å²) in [6, 6.07) is 8.26. The number of hydrogen-bond acceptors (Lipinski definition) is 2. The number of benzene rings is 1. The van der Waals surface area contributed by atoms with Crippen molar-refractivity contribution in [2.45, 2.75) is 64.0 Å². The van der Waals surface area contributed by atoms with Crippen molar-refractivity contribution < 1.29 is 4.79 Å². The van der Waals surface area contributed by atoms with E-state index in [2.05, 4.69) is 12.2 Å². The molecule has 0 spiro atoms. The van der Waals surface area contributed by atoms with Gasteiger partial charge in [-0.1, -0.05) is 37.8 Å². The summed E-state index contributed by atoms with van der Waals surface area (Å²) in [7, 11) is 2.01. The van der Waals surface area contributed by atoms with Crippen LogP contribution in [0.15, 0.2) is 24.3 Å². The monoisotopic (exact) mass is 322 g/mol. The summed E-state index contributed by atoms with van der Waals surface area (Å²) in [6.07, 6.45) is 7.33. The van der Waals surface area contributed by atoms with Crippen molar-refractivity contribution in [1.82, 2.24) is 5.32 Å². The first-order chi connectivity index (χ1) is 10.7. The van der Waals surface area contributed by atoms with Crippen molar-refractivity contribution in [2.24, 2.45) is 0 Å². The Morgan fingerprint density at radius 1 is 1.23 bits per heavy atom. The second kappa shape index (κ2) is 8.54. The van der Waals surface area contributed by atoms with Gasteiger partial charge in [-0.2, -0.15) is 0 Å². The number of anilines is 1. The maximum Gasteiger partial charge on any atom is 0.227 e. The topological polar surface area (TPSA) is 32.3 Å². The first-order valence-corrected chi connectivity index (χ1v) is 8.80. The summed E-state index contributed by atoms with van der Waals surface area (Å²) in [4.78, 5) is 14.8. The minimum Gasteiger partial charge on any atom is -0.315 e. The van der Waals surface area contributed by atoms with Crippen LogP contribution in [0.2, 0.25) is 5.02 Å². The quantitative estimate of drug-likeness (QED) is 0.815. The van der Waals surface area contributed by atoms with Gasteiger partial charge in [0.05, 0.1) is 6.04 Å². The van der Waals surface area contributed by atoms with Crippen LogP contribution in [0.1, 0.15) is 51.9 Å². The van der Waals surface area contributed by atoms with Gasteiger partial charge in [0.1, 0.15) is 0 Å². The van der Waals surface area contributed by atoms with E-state index in [1.807, 2.05) is 36.2 Å². The molecule has 22 heavy (non-hydrogen) atoms. The van der Waals surface area contributed by atoms with Crippen LogP contribution in [-0.2, 0) is 4.79 Å². The van der Waals surface area contributed by atoms with E-state index < -0.39 is 0 Å². The number of halogens is 1. The van der Waals surface area contributed by atoms with E-state index in [1.54, 1.807) is 0 Å². The van der Waals surface area contributed by atoms with Crippen molar-refractivity contribution in [3.05, 3.63) is 29.3 Å². The van der Waals surface area contributed by atoms with Crippen LogP contribution in [0.25, 0.3) is 0 Å². The standard InChI is InChI=1S/C18H27ClN2O/c1-3-7-18(22)21(15-12-10-14(19)11-13-15)17-9-6-4-5-8-16(17)20-2/h10-13,16-17,20H,3-9H2,1-2H3. The molecule has 1 saturated carbocycles. The lowest BCUT2D eigenvalue weighted by Crippen LogP contribution is -2.51. The highest BCUT2D eigenvalue weighted by Crippen LogP contribution is 2.29. The Morgan fingerprint density at radius 3 is 2.55 bits per heavy atom. The molecule has 1 amide bonds. The van der Waals surface area contributed by atoms with Gasteiger partial charge in [-0.3, -0.25) is 4.79 Å². The second-order valence-corrected chi connectivity index (χ2v) is 6.53. The summed E-state index contributed by atoms with van der Waals surface area (Å²) in [5.41, 5.74) is 0.968. The average Bonchev–Trinajstić information content (AvgIpc) is 2.75. The lowest BCUT2D eigenvalue weighted by molar-refractivity contribution is -0.119. The van der Waals surface area contributed by atoms with Crippen molar-refractivity contribution >= 4 is 23.2 Å². The molecule has 2 unspecified atom stereocenters. The van der Waals surface area contributed by atoms with Crippen LogP contribution in [0, 0.1) is 0 Å². The van der Waals surface area contributed by atoms with E-state index >= 15 is 0 Å². The Morgan fingerprint density at radius 2 is 1.91 bits per heavy atom. The van der Waals surface area contributed by atoms with Crippen LogP contribution in [0.3, 0.4) is 0 Å². The molecule has 122 valence electrons. The Labute approximate surface area is 139 Å². The van der Waals surface area contributed by atoms with Crippen molar-refractivity contribution in [3.8, 4) is 0 Å². The highest BCUT2D eigenvalue weighted by Gasteiger charge is 2.31. The van der Waals surface area contributed by atoms with Crippen molar-refractivity contribution in [1.29, 1.82) is 0 Å². The van der Waals surface area contributed by atoms with Crippen LogP contribution in [0.4, 0.5) is 5.69 Å². The van der Waals surface area contributed by atoms with Gasteiger partial charge in [-0.15, -0.1) is 0 Å². The Hall–Kier alpha value is -1.06. The van der Waals surface area contributed by atoms with E-state index in [4.69, 9.17) is 11.6 Å². The molecule has 4 heteroatoms. The Bertz CT molecular complexity index is 474. The molecule has 1 N–H and O–H groups in total. The third-order valence-electron chi connectivity index (χ3n) is 4.52. The molecule has 1 aromatic carbocycles. The number of rotatable bonds is 5. The maximum absolute atomic E-state index is 12.8. The summed E-state index contributed by atoms with van der Waals surface area (Å²) in [5, 5.41) is 4.14. The van der Waals surface area contributed by atoms with Gasteiger partial charge < -0.3 is 10.2 Å². The number of nitrogens with zero attached hydrogens (tertiary/aromatic N) is 1. The minimum absolute atomic E-state index is 0.219. The maximum atomic E-state index is 12.8. The predicted molar refractivity (Wildman–Crippen MR) is 93.6 cm³/mol. The van der Waals surface area contributed by atoms with E-state index in [9.17, 15) is 4.79 Å². The Kier molecular flexibility index (Phi) is 6.71. The fraction of sp³-hybridized carbons (Fsp3) is 0.611. The molecule has 2 atom stereocenters. The molecule has 0 bridgehead atoms. The predicted octanol–water partition coefficient (Wildman–Crippen LogP) is 4.39. The molecule has 1 aromatic rings. The lowest BCUT2D eigenvalue weighted by Gasteiger charge is -2.36. The minimum atomic E-state index is 0.219. The normalized spacial score (nSPS) is 22.1. The van der Waals surface area contributed by atoms with Gasteiger partial charge in [0.15, 0.2) is 0 Å². The molecule has 0 heterocycles. The van der Waals surface area contributed by atoms with Gasteiger partial charge in [0.2, 0.25) is 5.91 Å². The first-order valence-electron chi connectivity index (χ1n) is 8.42. The van der Waals surface area contributed by atoms with E-state index in [0.29, 0.717) is 17.5 Å². The molecule has 1 aliphatic rings. The molecule has 0 aromatic heterocycles. The number of carbonyl (C=O) groups is 1. The number of likely N-dealkylation sites (N-methyl/N-ethyl adjacent to an activating group) is 1. The van der Waals surface area contributed by atoms with Gasteiger partial charge in [-0.05, 0) is 50.6 Å². The molecule has 0 radical (unpaired) electrons. The van der Waals surface area contributed by atoms with Crippen LogP contribution in [0.5, 0.6) is 0 Å². The number of hydrogen-bond donors (Lipinski definition) is 1. The SMILES string of the molecule is CCCC(=O)N(c1ccc(Cl)cc1)C1CCCCCC1NC. The smallest absolute Gasteiger partial charge is 0.227 e. The van der Waals surface area contributed by atoms with Crippen molar-refractivity contribution in [3.63, 3.8) is 0 Å². The fourth-order valence-electron chi connectivity index (χ4n) is 3.39. The third kappa shape index (κ3) is 4.23. The lowest BCUT2D eigenvalue weighted by atomic mass is 9.99. The van der Waals surface area contributed by atoms with Gasteiger partial charge in [0, 0.05) is 23.2 Å².